The monoisotopic (exact) mass is 439 g/mol. The molecule has 31 heavy (non-hydrogen) atoms. The number of rotatable bonds is 10. The van der Waals surface area contributed by atoms with Gasteiger partial charge in [0.25, 0.3) is 0 Å². The summed E-state index contributed by atoms with van der Waals surface area (Å²) in [5.74, 6) is 0.705. The molecule has 0 aliphatic carbocycles. The molecule has 1 N–H and O–H groups in total. The Kier molecular flexibility index (Phi) is 8.20. The Labute approximate surface area is 187 Å². The Morgan fingerprint density at radius 1 is 1.19 bits per heavy atom. The van der Waals surface area contributed by atoms with Crippen LogP contribution in [0.1, 0.15) is 31.4 Å². The zero-order valence-corrected chi connectivity index (χ0v) is 19.3. The van der Waals surface area contributed by atoms with Crippen molar-refractivity contribution in [3.63, 3.8) is 0 Å². The van der Waals surface area contributed by atoms with Gasteiger partial charge in [-0.05, 0) is 63.4 Å². The Morgan fingerprint density at radius 2 is 1.97 bits per heavy atom. The lowest BCUT2D eigenvalue weighted by Crippen LogP contribution is -2.23. The van der Waals surface area contributed by atoms with Crippen LogP contribution in [0.25, 0.3) is 11.4 Å². The summed E-state index contributed by atoms with van der Waals surface area (Å²) in [7, 11) is 0. The molecule has 164 valence electrons. The third-order valence-electron chi connectivity index (χ3n) is 4.83. The van der Waals surface area contributed by atoms with Crippen LogP contribution >= 0.6 is 11.8 Å². The summed E-state index contributed by atoms with van der Waals surface area (Å²) >= 11 is 1.41. The lowest BCUT2D eigenvalue weighted by molar-refractivity contribution is -0.115. The van der Waals surface area contributed by atoms with Crippen LogP contribution in [0.2, 0.25) is 0 Å². The van der Waals surface area contributed by atoms with Crippen LogP contribution in [0.3, 0.4) is 0 Å². The number of aryl methyl sites for hydroxylation is 2. The molecule has 8 heteroatoms. The zero-order chi connectivity index (χ0) is 22.2. The summed E-state index contributed by atoms with van der Waals surface area (Å²) in [6, 6.07) is 9.86. The first-order valence-corrected chi connectivity index (χ1v) is 11.3. The largest absolute Gasteiger partial charge is 0.382 e. The summed E-state index contributed by atoms with van der Waals surface area (Å²) in [4.78, 5) is 16.9. The minimum absolute atomic E-state index is 0.0620. The summed E-state index contributed by atoms with van der Waals surface area (Å²) in [5.41, 5.74) is 3.93. The van der Waals surface area contributed by atoms with Crippen molar-refractivity contribution in [3.8, 4) is 11.4 Å². The number of carbonyl (C=O) groups is 1. The standard InChI is InChI=1S/C23H29N5O2S/c1-5-30-14-6-13-28-21(19-9-11-24-12-10-19)26-27-23(28)31-18(4)22(29)25-20-15-16(2)7-8-17(20)3/h7-12,15,18H,5-6,13-14H2,1-4H3,(H,25,29)/t18-/m0/s1. The molecule has 3 rings (SSSR count). The van der Waals surface area contributed by atoms with Crippen molar-refractivity contribution in [1.29, 1.82) is 0 Å². The predicted molar refractivity (Wildman–Crippen MR) is 124 cm³/mol. The smallest absolute Gasteiger partial charge is 0.237 e. The third kappa shape index (κ3) is 6.15. The van der Waals surface area contributed by atoms with E-state index in [9.17, 15) is 4.79 Å². The van der Waals surface area contributed by atoms with E-state index in [0.29, 0.717) is 24.9 Å². The van der Waals surface area contributed by atoms with Crippen molar-refractivity contribution >= 4 is 23.4 Å². The number of hydrogen-bond acceptors (Lipinski definition) is 6. The van der Waals surface area contributed by atoms with E-state index in [-0.39, 0.29) is 11.2 Å². The molecule has 1 amide bonds. The molecule has 2 aromatic heterocycles. The van der Waals surface area contributed by atoms with Crippen molar-refractivity contribution in [2.75, 3.05) is 18.5 Å². The summed E-state index contributed by atoms with van der Waals surface area (Å²) in [6.07, 6.45) is 4.31. The van der Waals surface area contributed by atoms with Crippen LogP contribution in [0.5, 0.6) is 0 Å². The first-order chi connectivity index (χ1) is 15.0. The van der Waals surface area contributed by atoms with Gasteiger partial charge < -0.3 is 14.6 Å². The van der Waals surface area contributed by atoms with Gasteiger partial charge in [-0.15, -0.1) is 10.2 Å². The number of carbonyl (C=O) groups excluding carboxylic acids is 1. The maximum atomic E-state index is 12.8. The Balaban J connectivity index is 1.76. The maximum Gasteiger partial charge on any atom is 0.237 e. The average molecular weight is 440 g/mol. The molecule has 0 fully saturated rings. The zero-order valence-electron chi connectivity index (χ0n) is 18.5. The number of pyridine rings is 1. The highest BCUT2D eigenvalue weighted by Crippen LogP contribution is 2.28. The van der Waals surface area contributed by atoms with E-state index in [0.717, 1.165) is 34.6 Å². The molecule has 0 aliphatic heterocycles. The van der Waals surface area contributed by atoms with Crippen molar-refractivity contribution in [1.82, 2.24) is 19.7 Å². The molecule has 1 atom stereocenters. The second-order valence-electron chi connectivity index (χ2n) is 7.31. The van der Waals surface area contributed by atoms with Crippen LogP contribution < -0.4 is 5.32 Å². The summed E-state index contributed by atoms with van der Waals surface area (Å²) in [6.45, 7) is 9.93. The highest BCUT2D eigenvalue weighted by atomic mass is 32.2. The number of ether oxygens (including phenoxy) is 1. The van der Waals surface area contributed by atoms with Gasteiger partial charge in [0.1, 0.15) is 0 Å². The molecule has 0 saturated carbocycles. The molecule has 2 heterocycles. The maximum absolute atomic E-state index is 12.8. The number of hydrogen-bond donors (Lipinski definition) is 1. The minimum Gasteiger partial charge on any atom is -0.382 e. The predicted octanol–water partition coefficient (Wildman–Crippen LogP) is 4.50. The average Bonchev–Trinajstić information content (AvgIpc) is 3.16. The van der Waals surface area contributed by atoms with Crippen molar-refractivity contribution in [3.05, 3.63) is 53.9 Å². The Morgan fingerprint density at radius 3 is 2.71 bits per heavy atom. The molecule has 0 bridgehead atoms. The van der Waals surface area contributed by atoms with E-state index in [1.54, 1.807) is 12.4 Å². The van der Waals surface area contributed by atoms with E-state index in [1.807, 2.05) is 58.0 Å². The fourth-order valence-electron chi connectivity index (χ4n) is 3.08. The van der Waals surface area contributed by atoms with Gasteiger partial charge in [0, 0.05) is 43.4 Å². The van der Waals surface area contributed by atoms with Crippen LogP contribution in [-0.2, 0) is 16.1 Å². The highest BCUT2D eigenvalue weighted by Gasteiger charge is 2.21. The number of nitrogens with one attached hydrogen (secondary N) is 1. The first kappa shape index (κ1) is 23.0. The van der Waals surface area contributed by atoms with Gasteiger partial charge in [-0.3, -0.25) is 9.78 Å². The lowest BCUT2D eigenvalue weighted by atomic mass is 10.1. The molecule has 1 aromatic carbocycles. The summed E-state index contributed by atoms with van der Waals surface area (Å²) < 4.78 is 7.54. The molecule has 7 nitrogen and oxygen atoms in total. The highest BCUT2D eigenvalue weighted by molar-refractivity contribution is 8.00. The number of anilines is 1. The van der Waals surface area contributed by atoms with E-state index in [1.165, 1.54) is 11.8 Å². The van der Waals surface area contributed by atoms with Gasteiger partial charge >= 0.3 is 0 Å². The fourth-order valence-corrected chi connectivity index (χ4v) is 3.95. The number of amides is 1. The molecule has 0 radical (unpaired) electrons. The molecule has 0 spiro atoms. The van der Waals surface area contributed by atoms with E-state index < -0.39 is 0 Å². The second kappa shape index (κ2) is 11.1. The molecule has 0 unspecified atom stereocenters. The number of aromatic nitrogens is 4. The van der Waals surface area contributed by atoms with Gasteiger partial charge in [-0.25, -0.2) is 0 Å². The van der Waals surface area contributed by atoms with Crippen LogP contribution in [0, 0.1) is 13.8 Å². The number of benzene rings is 1. The van der Waals surface area contributed by atoms with Crippen molar-refractivity contribution in [2.24, 2.45) is 0 Å². The van der Waals surface area contributed by atoms with Crippen LogP contribution in [0.4, 0.5) is 5.69 Å². The van der Waals surface area contributed by atoms with Crippen LogP contribution in [0.15, 0.2) is 47.9 Å². The van der Waals surface area contributed by atoms with E-state index >= 15 is 0 Å². The molecular formula is C23H29N5O2S. The number of thioether (sulfide) groups is 1. The van der Waals surface area contributed by atoms with Crippen LogP contribution in [-0.4, -0.2) is 44.1 Å². The normalized spacial score (nSPS) is 12.0. The van der Waals surface area contributed by atoms with Crippen molar-refractivity contribution in [2.45, 2.75) is 51.1 Å². The Hall–Kier alpha value is -2.71. The van der Waals surface area contributed by atoms with Gasteiger partial charge in [0.05, 0.1) is 5.25 Å². The third-order valence-corrected chi connectivity index (χ3v) is 5.91. The topological polar surface area (TPSA) is 81.9 Å². The molecular weight excluding hydrogens is 410 g/mol. The molecule has 0 aliphatic rings. The molecule has 3 aromatic rings. The SMILES string of the molecule is CCOCCCn1c(S[C@@H](C)C(=O)Nc2cc(C)ccc2C)nnc1-c1ccncc1. The summed E-state index contributed by atoms with van der Waals surface area (Å²) in [5, 5.41) is 12.2. The first-order valence-electron chi connectivity index (χ1n) is 10.5. The van der Waals surface area contributed by atoms with E-state index in [2.05, 4.69) is 25.1 Å². The van der Waals surface area contributed by atoms with Gasteiger partial charge in [0.15, 0.2) is 11.0 Å². The Bertz CT molecular complexity index is 1010. The lowest BCUT2D eigenvalue weighted by Gasteiger charge is -2.15. The van der Waals surface area contributed by atoms with Crippen molar-refractivity contribution < 1.29 is 9.53 Å². The van der Waals surface area contributed by atoms with Gasteiger partial charge in [-0.2, -0.15) is 0 Å². The quantitative estimate of drug-likeness (QED) is 0.370. The van der Waals surface area contributed by atoms with Gasteiger partial charge in [-0.1, -0.05) is 23.9 Å². The fraction of sp³-hybridized carbons (Fsp3) is 0.391. The van der Waals surface area contributed by atoms with Gasteiger partial charge in [0.2, 0.25) is 5.91 Å². The minimum atomic E-state index is -0.333. The molecule has 0 saturated heterocycles. The number of nitrogens with zero attached hydrogens (tertiary/aromatic N) is 4. The van der Waals surface area contributed by atoms with E-state index in [4.69, 9.17) is 4.74 Å². The second-order valence-corrected chi connectivity index (χ2v) is 8.62.